The number of nitro groups is 1. The second-order valence-electron chi connectivity index (χ2n) is 6.29. The van der Waals surface area contributed by atoms with Crippen LogP contribution in [0.2, 0.25) is 0 Å². The number of nitro benzene ring substituents is 1. The number of hydrogen-bond donors (Lipinski definition) is 1. The largest absolute Gasteiger partial charge is 0.491 e. The normalized spacial score (nSPS) is 16.1. The van der Waals surface area contributed by atoms with Crippen LogP contribution in [0, 0.1) is 10.1 Å². The zero-order valence-corrected chi connectivity index (χ0v) is 15.5. The molecule has 1 saturated heterocycles. The molecule has 3 rings (SSSR count). The van der Waals surface area contributed by atoms with Crippen molar-refractivity contribution < 1.29 is 19.6 Å². The fourth-order valence-corrected chi connectivity index (χ4v) is 3.61. The van der Waals surface area contributed by atoms with Gasteiger partial charge in [-0.25, -0.2) is 0 Å². The molecule has 1 aromatic carbocycles. The Labute approximate surface area is 160 Å². The Morgan fingerprint density at radius 3 is 2.70 bits per heavy atom. The van der Waals surface area contributed by atoms with Crippen molar-refractivity contribution >= 4 is 22.9 Å². The molecule has 8 nitrogen and oxygen atoms in total. The lowest BCUT2D eigenvalue weighted by Crippen LogP contribution is -2.50. The van der Waals surface area contributed by atoms with Gasteiger partial charge < -0.3 is 14.7 Å². The number of ether oxygens (including phenoxy) is 1. The van der Waals surface area contributed by atoms with E-state index in [2.05, 4.69) is 4.90 Å². The molecule has 0 spiro atoms. The number of rotatable bonds is 7. The highest BCUT2D eigenvalue weighted by atomic mass is 32.1. The van der Waals surface area contributed by atoms with Gasteiger partial charge in [0.05, 0.1) is 15.9 Å². The van der Waals surface area contributed by atoms with E-state index in [1.54, 1.807) is 12.1 Å². The fraction of sp³-hybridized carbons (Fsp3) is 0.389. The molecule has 1 unspecified atom stereocenters. The first kappa shape index (κ1) is 19.3. The third kappa shape index (κ3) is 5.25. The summed E-state index contributed by atoms with van der Waals surface area (Å²) in [6, 6.07) is 9.58. The van der Waals surface area contributed by atoms with Gasteiger partial charge in [-0.1, -0.05) is 12.1 Å². The molecule has 0 radical (unpaired) electrons. The summed E-state index contributed by atoms with van der Waals surface area (Å²) < 4.78 is 5.46. The predicted molar refractivity (Wildman–Crippen MR) is 101 cm³/mol. The molecule has 1 aliphatic rings. The quantitative estimate of drug-likeness (QED) is 0.572. The highest BCUT2D eigenvalue weighted by Crippen LogP contribution is 2.19. The third-order valence-electron chi connectivity index (χ3n) is 4.33. The van der Waals surface area contributed by atoms with Gasteiger partial charge in [0.2, 0.25) is 0 Å². The molecule has 1 amide bonds. The molecule has 144 valence electrons. The van der Waals surface area contributed by atoms with E-state index in [1.807, 2.05) is 22.4 Å². The van der Waals surface area contributed by atoms with Crippen LogP contribution in [0.5, 0.6) is 5.75 Å². The summed E-state index contributed by atoms with van der Waals surface area (Å²) in [7, 11) is 0. The summed E-state index contributed by atoms with van der Waals surface area (Å²) in [5.74, 6) is 0.411. The number of aliphatic hydroxyl groups is 1. The SMILES string of the molecule is O=C(c1cccs1)N1CCN(CC(O)COc2cccc([N+](=O)[O-])c2)CC1. The van der Waals surface area contributed by atoms with Crippen molar-refractivity contribution in [2.75, 3.05) is 39.3 Å². The number of amides is 1. The molecular formula is C18H21N3O5S. The Bertz CT molecular complexity index is 775. The summed E-state index contributed by atoms with van der Waals surface area (Å²) in [4.78, 5) is 27.3. The maximum absolute atomic E-state index is 12.3. The smallest absolute Gasteiger partial charge is 0.273 e. The molecule has 0 saturated carbocycles. The minimum Gasteiger partial charge on any atom is -0.491 e. The van der Waals surface area contributed by atoms with E-state index >= 15 is 0 Å². The van der Waals surface area contributed by atoms with Crippen LogP contribution >= 0.6 is 11.3 Å². The van der Waals surface area contributed by atoms with Crippen LogP contribution in [-0.4, -0.2) is 71.2 Å². The number of hydrogen-bond acceptors (Lipinski definition) is 7. The van der Waals surface area contributed by atoms with Crippen LogP contribution in [0.15, 0.2) is 41.8 Å². The summed E-state index contributed by atoms with van der Waals surface area (Å²) in [6.07, 6.45) is -0.719. The molecule has 1 aromatic heterocycles. The van der Waals surface area contributed by atoms with Gasteiger partial charge in [0, 0.05) is 38.8 Å². The second-order valence-corrected chi connectivity index (χ2v) is 7.24. The van der Waals surface area contributed by atoms with E-state index in [1.165, 1.54) is 23.5 Å². The molecule has 0 bridgehead atoms. The molecule has 9 heteroatoms. The van der Waals surface area contributed by atoms with Gasteiger partial charge in [0.15, 0.2) is 0 Å². The number of β-amino-alcohol motifs (C(OH)–C–C–N with tert-alkyl or cyclic N) is 1. The second kappa shape index (κ2) is 8.94. The van der Waals surface area contributed by atoms with Gasteiger partial charge in [-0.3, -0.25) is 19.8 Å². The number of carbonyl (C=O) groups excluding carboxylic acids is 1. The number of thiophene rings is 1. The summed E-state index contributed by atoms with van der Waals surface area (Å²) in [5.41, 5.74) is -0.0477. The minimum absolute atomic E-state index is 0.0477. The molecule has 2 aromatic rings. The number of aliphatic hydroxyl groups excluding tert-OH is 1. The lowest BCUT2D eigenvalue weighted by molar-refractivity contribution is -0.384. The Hall–Kier alpha value is -2.49. The van der Waals surface area contributed by atoms with Crippen molar-refractivity contribution in [2.45, 2.75) is 6.10 Å². The molecule has 1 aliphatic heterocycles. The molecular weight excluding hydrogens is 370 g/mol. The number of piperazine rings is 1. The molecule has 0 aliphatic carbocycles. The van der Waals surface area contributed by atoms with E-state index < -0.39 is 11.0 Å². The average molecular weight is 391 g/mol. The van der Waals surface area contributed by atoms with E-state index in [9.17, 15) is 20.0 Å². The van der Waals surface area contributed by atoms with Crippen LogP contribution in [0.1, 0.15) is 9.67 Å². The topological polar surface area (TPSA) is 96.2 Å². The lowest BCUT2D eigenvalue weighted by atomic mass is 10.2. The van der Waals surface area contributed by atoms with Gasteiger partial charge in [0.25, 0.3) is 11.6 Å². The number of carbonyl (C=O) groups is 1. The van der Waals surface area contributed by atoms with Gasteiger partial charge in [-0.15, -0.1) is 11.3 Å². The molecule has 1 atom stereocenters. The summed E-state index contributed by atoms with van der Waals surface area (Å²) in [6.45, 7) is 3.09. The van der Waals surface area contributed by atoms with Crippen LogP contribution in [-0.2, 0) is 0 Å². The Morgan fingerprint density at radius 1 is 1.26 bits per heavy atom. The van der Waals surface area contributed by atoms with Crippen molar-refractivity contribution in [3.63, 3.8) is 0 Å². The highest BCUT2D eigenvalue weighted by Gasteiger charge is 2.24. The average Bonchev–Trinajstić information content (AvgIpc) is 3.21. The zero-order valence-electron chi connectivity index (χ0n) is 14.7. The van der Waals surface area contributed by atoms with Crippen molar-refractivity contribution in [1.29, 1.82) is 0 Å². The van der Waals surface area contributed by atoms with Crippen LogP contribution in [0.4, 0.5) is 5.69 Å². The van der Waals surface area contributed by atoms with E-state index in [4.69, 9.17) is 4.74 Å². The lowest BCUT2D eigenvalue weighted by Gasteiger charge is -2.35. The molecule has 1 fully saturated rings. The van der Waals surface area contributed by atoms with Crippen LogP contribution in [0.25, 0.3) is 0 Å². The van der Waals surface area contributed by atoms with E-state index in [0.717, 1.165) is 4.88 Å². The standard InChI is InChI=1S/C18H21N3O5S/c22-15(13-26-16-4-1-3-14(11-16)21(24)25)12-19-6-8-20(9-7-19)18(23)17-5-2-10-27-17/h1-5,10-11,15,22H,6-9,12-13H2. The van der Waals surface area contributed by atoms with Crippen molar-refractivity contribution in [2.24, 2.45) is 0 Å². The molecule has 1 N–H and O–H groups in total. The fourth-order valence-electron chi connectivity index (χ4n) is 2.92. The van der Waals surface area contributed by atoms with Gasteiger partial charge in [0.1, 0.15) is 18.5 Å². The van der Waals surface area contributed by atoms with Crippen molar-refractivity contribution in [3.8, 4) is 5.75 Å². The maximum Gasteiger partial charge on any atom is 0.273 e. The monoisotopic (exact) mass is 391 g/mol. The molecule has 27 heavy (non-hydrogen) atoms. The van der Waals surface area contributed by atoms with Crippen molar-refractivity contribution in [1.82, 2.24) is 9.80 Å². The Kier molecular flexibility index (Phi) is 6.38. The number of non-ortho nitro benzene ring substituents is 1. The summed E-state index contributed by atoms with van der Waals surface area (Å²) >= 11 is 1.44. The highest BCUT2D eigenvalue weighted by molar-refractivity contribution is 7.12. The molecule has 2 heterocycles. The first-order valence-electron chi connectivity index (χ1n) is 8.63. The van der Waals surface area contributed by atoms with Gasteiger partial charge >= 0.3 is 0 Å². The Morgan fingerprint density at radius 2 is 2.04 bits per heavy atom. The first-order chi connectivity index (χ1) is 13.0. The van der Waals surface area contributed by atoms with E-state index in [-0.39, 0.29) is 18.2 Å². The van der Waals surface area contributed by atoms with Crippen LogP contribution in [0.3, 0.4) is 0 Å². The minimum atomic E-state index is -0.719. The first-order valence-corrected chi connectivity index (χ1v) is 9.51. The van der Waals surface area contributed by atoms with Gasteiger partial charge in [-0.2, -0.15) is 0 Å². The zero-order chi connectivity index (χ0) is 19.2. The number of benzene rings is 1. The Balaban J connectivity index is 1.42. The third-order valence-corrected chi connectivity index (χ3v) is 5.19. The van der Waals surface area contributed by atoms with Crippen molar-refractivity contribution in [3.05, 3.63) is 56.8 Å². The van der Waals surface area contributed by atoms with Gasteiger partial charge in [-0.05, 0) is 17.5 Å². The number of nitrogens with zero attached hydrogens (tertiary/aromatic N) is 3. The predicted octanol–water partition coefficient (Wildman–Crippen LogP) is 1.85. The van der Waals surface area contributed by atoms with Crippen LogP contribution < -0.4 is 4.74 Å². The maximum atomic E-state index is 12.3. The van der Waals surface area contributed by atoms with E-state index in [0.29, 0.717) is 38.5 Å². The summed E-state index contributed by atoms with van der Waals surface area (Å²) in [5, 5.41) is 22.8.